The lowest BCUT2D eigenvalue weighted by Crippen LogP contribution is -2.09. The summed E-state index contributed by atoms with van der Waals surface area (Å²) in [6.07, 6.45) is 4.23. The van der Waals surface area contributed by atoms with Crippen LogP contribution >= 0.6 is 0 Å². The molecular formula is C11H18N2O3. The molecule has 1 unspecified atom stereocenters. The number of ether oxygens (including phenoxy) is 1. The third-order valence-corrected chi connectivity index (χ3v) is 2.40. The molecule has 0 bridgehead atoms. The molecule has 0 fully saturated rings. The van der Waals surface area contributed by atoms with E-state index >= 15 is 0 Å². The lowest BCUT2D eigenvalue weighted by Gasteiger charge is -2.12. The molecule has 0 spiro atoms. The predicted molar refractivity (Wildman–Crippen MR) is 58.7 cm³/mol. The van der Waals surface area contributed by atoms with Gasteiger partial charge in [0.05, 0.1) is 31.4 Å². The first kappa shape index (κ1) is 12.7. The van der Waals surface area contributed by atoms with Crippen molar-refractivity contribution in [2.75, 3.05) is 7.11 Å². The van der Waals surface area contributed by atoms with Crippen LogP contribution in [0.2, 0.25) is 0 Å². The highest BCUT2D eigenvalue weighted by molar-refractivity contribution is 5.69. The Labute approximate surface area is 95.1 Å². The van der Waals surface area contributed by atoms with Gasteiger partial charge < -0.3 is 14.4 Å². The Bertz CT molecular complexity index is 336. The Morgan fingerprint density at radius 1 is 1.69 bits per heavy atom. The van der Waals surface area contributed by atoms with Gasteiger partial charge in [-0.1, -0.05) is 6.92 Å². The highest BCUT2D eigenvalue weighted by Crippen LogP contribution is 2.18. The smallest absolute Gasteiger partial charge is 0.305 e. The quantitative estimate of drug-likeness (QED) is 0.742. The molecule has 0 saturated carbocycles. The van der Waals surface area contributed by atoms with Crippen molar-refractivity contribution in [3.8, 4) is 0 Å². The second kappa shape index (κ2) is 6.27. The van der Waals surface area contributed by atoms with Crippen molar-refractivity contribution >= 4 is 5.97 Å². The van der Waals surface area contributed by atoms with E-state index in [1.54, 1.807) is 12.5 Å². The minimum absolute atomic E-state index is 0.217. The molecule has 1 heterocycles. The Morgan fingerprint density at radius 2 is 2.44 bits per heavy atom. The number of carbonyl (C=O) groups is 1. The van der Waals surface area contributed by atoms with Crippen molar-refractivity contribution in [2.24, 2.45) is 0 Å². The Morgan fingerprint density at radius 3 is 3.06 bits per heavy atom. The van der Waals surface area contributed by atoms with E-state index in [0.717, 1.165) is 18.7 Å². The van der Waals surface area contributed by atoms with Crippen LogP contribution in [-0.2, 0) is 16.1 Å². The highest BCUT2D eigenvalue weighted by atomic mass is 16.5. The molecule has 0 aliphatic rings. The maximum atomic E-state index is 10.9. The largest absolute Gasteiger partial charge is 0.469 e. The fraction of sp³-hybridized carbons (Fsp3) is 0.636. The maximum Gasteiger partial charge on any atom is 0.305 e. The van der Waals surface area contributed by atoms with Crippen LogP contribution in [0.5, 0.6) is 0 Å². The van der Waals surface area contributed by atoms with Crippen molar-refractivity contribution in [3.63, 3.8) is 0 Å². The molecule has 1 aromatic rings. The fourth-order valence-electron chi connectivity index (χ4n) is 1.54. The molecular weight excluding hydrogens is 208 g/mol. The van der Waals surface area contributed by atoms with Gasteiger partial charge in [0, 0.05) is 13.0 Å². The second-order valence-electron chi connectivity index (χ2n) is 3.64. The number of carbonyl (C=O) groups excluding carboxylic acids is 1. The average molecular weight is 226 g/mol. The predicted octanol–water partition coefficient (Wildman–Crippen LogP) is 1.28. The van der Waals surface area contributed by atoms with Crippen LogP contribution in [0.4, 0.5) is 0 Å². The van der Waals surface area contributed by atoms with Gasteiger partial charge in [-0.3, -0.25) is 4.79 Å². The summed E-state index contributed by atoms with van der Waals surface area (Å²) in [6, 6.07) is 0. The van der Waals surface area contributed by atoms with Crippen molar-refractivity contribution in [1.82, 2.24) is 9.55 Å². The number of aromatic nitrogens is 2. The summed E-state index contributed by atoms with van der Waals surface area (Å²) in [7, 11) is 1.34. The van der Waals surface area contributed by atoms with E-state index in [9.17, 15) is 9.90 Å². The number of hydrogen-bond acceptors (Lipinski definition) is 4. The summed E-state index contributed by atoms with van der Waals surface area (Å²) in [5.41, 5.74) is 0.755. The Hall–Kier alpha value is -1.36. The molecule has 1 N–H and O–H groups in total. The van der Waals surface area contributed by atoms with E-state index in [-0.39, 0.29) is 12.4 Å². The number of aryl methyl sites for hydroxylation is 1. The normalized spacial score (nSPS) is 12.4. The van der Waals surface area contributed by atoms with E-state index in [1.165, 1.54) is 7.11 Å². The maximum absolute atomic E-state index is 10.9. The number of aliphatic hydroxyl groups is 1. The van der Waals surface area contributed by atoms with Crippen LogP contribution in [0.1, 0.15) is 38.0 Å². The molecule has 0 aliphatic carbocycles. The third kappa shape index (κ3) is 3.34. The SMILES string of the molecule is CCCn1cncc1C(O)CCC(=O)OC. The zero-order valence-electron chi connectivity index (χ0n) is 9.72. The minimum Gasteiger partial charge on any atom is -0.469 e. The van der Waals surface area contributed by atoms with Crippen molar-refractivity contribution in [3.05, 3.63) is 18.2 Å². The molecule has 90 valence electrons. The zero-order valence-corrected chi connectivity index (χ0v) is 9.72. The summed E-state index contributed by atoms with van der Waals surface area (Å²) in [5.74, 6) is -0.305. The summed E-state index contributed by atoms with van der Waals surface area (Å²) in [6.45, 7) is 2.88. The first-order valence-corrected chi connectivity index (χ1v) is 5.44. The van der Waals surface area contributed by atoms with Gasteiger partial charge in [-0.15, -0.1) is 0 Å². The van der Waals surface area contributed by atoms with Crippen LogP contribution in [0.25, 0.3) is 0 Å². The molecule has 1 atom stereocenters. The van der Waals surface area contributed by atoms with Gasteiger partial charge in [0.15, 0.2) is 0 Å². The number of hydrogen-bond donors (Lipinski definition) is 1. The standard InChI is InChI=1S/C11H18N2O3/c1-3-6-13-8-12-7-9(13)10(14)4-5-11(15)16-2/h7-8,10,14H,3-6H2,1-2H3. The van der Waals surface area contributed by atoms with E-state index in [2.05, 4.69) is 16.6 Å². The zero-order chi connectivity index (χ0) is 12.0. The topological polar surface area (TPSA) is 64.3 Å². The summed E-state index contributed by atoms with van der Waals surface area (Å²) >= 11 is 0. The highest BCUT2D eigenvalue weighted by Gasteiger charge is 2.14. The van der Waals surface area contributed by atoms with Crippen molar-refractivity contribution in [1.29, 1.82) is 0 Å². The van der Waals surface area contributed by atoms with Gasteiger partial charge in [0.2, 0.25) is 0 Å². The third-order valence-electron chi connectivity index (χ3n) is 2.40. The van der Waals surface area contributed by atoms with Gasteiger partial charge >= 0.3 is 5.97 Å². The van der Waals surface area contributed by atoms with Gasteiger partial charge in [-0.25, -0.2) is 4.98 Å². The molecule has 1 aromatic heterocycles. The summed E-state index contributed by atoms with van der Waals surface area (Å²) in [5, 5.41) is 9.89. The number of nitrogens with zero attached hydrogens (tertiary/aromatic N) is 2. The molecule has 0 amide bonds. The van der Waals surface area contributed by atoms with E-state index in [1.807, 2.05) is 4.57 Å². The lowest BCUT2D eigenvalue weighted by molar-refractivity contribution is -0.141. The van der Waals surface area contributed by atoms with Crippen LogP contribution in [0, 0.1) is 0 Å². The van der Waals surface area contributed by atoms with Crippen LogP contribution in [0.15, 0.2) is 12.5 Å². The second-order valence-corrected chi connectivity index (χ2v) is 3.64. The summed E-state index contributed by atoms with van der Waals surface area (Å²) < 4.78 is 6.43. The molecule has 0 saturated heterocycles. The first-order chi connectivity index (χ1) is 7.69. The van der Waals surface area contributed by atoms with Crippen LogP contribution in [-0.4, -0.2) is 27.7 Å². The Balaban J connectivity index is 2.54. The minimum atomic E-state index is -0.659. The molecule has 5 nitrogen and oxygen atoms in total. The monoisotopic (exact) mass is 226 g/mol. The summed E-state index contributed by atoms with van der Waals surface area (Å²) in [4.78, 5) is 14.9. The molecule has 1 rings (SSSR count). The van der Waals surface area contributed by atoms with Crippen LogP contribution < -0.4 is 0 Å². The van der Waals surface area contributed by atoms with E-state index in [0.29, 0.717) is 6.42 Å². The van der Waals surface area contributed by atoms with E-state index in [4.69, 9.17) is 0 Å². The number of aliphatic hydroxyl groups excluding tert-OH is 1. The Kier molecular flexibility index (Phi) is 4.98. The first-order valence-electron chi connectivity index (χ1n) is 5.44. The van der Waals surface area contributed by atoms with E-state index < -0.39 is 6.10 Å². The molecule has 0 aromatic carbocycles. The number of rotatable bonds is 6. The number of methoxy groups -OCH3 is 1. The molecule has 0 radical (unpaired) electrons. The van der Waals surface area contributed by atoms with Crippen molar-refractivity contribution < 1.29 is 14.6 Å². The van der Waals surface area contributed by atoms with Gasteiger partial charge in [0.25, 0.3) is 0 Å². The lowest BCUT2D eigenvalue weighted by atomic mass is 10.1. The average Bonchev–Trinajstić information content (AvgIpc) is 2.74. The van der Waals surface area contributed by atoms with Gasteiger partial charge in [-0.05, 0) is 12.8 Å². The van der Waals surface area contributed by atoms with Gasteiger partial charge in [-0.2, -0.15) is 0 Å². The molecule has 0 aliphatic heterocycles. The molecule has 16 heavy (non-hydrogen) atoms. The van der Waals surface area contributed by atoms with Gasteiger partial charge in [0.1, 0.15) is 0 Å². The number of imidazole rings is 1. The molecule has 5 heteroatoms. The fourth-order valence-corrected chi connectivity index (χ4v) is 1.54. The van der Waals surface area contributed by atoms with Crippen molar-refractivity contribution in [2.45, 2.75) is 38.8 Å². The number of esters is 1. The van der Waals surface area contributed by atoms with Crippen LogP contribution in [0.3, 0.4) is 0 Å².